The van der Waals surface area contributed by atoms with Crippen molar-refractivity contribution in [2.24, 2.45) is 0 Å². The number of sulfonamides is 1. The highest BCUT2D eigenvalue weighted by Crippen LogP contribution is 2.26. The molecule has 0 aliphatic heterocycles. The van der Waals surface area contributed by atoms with Crippen LogP contribution >= 0.6 is 11.3 Å². The second-order valence-electron chi connectivity index (χ2n) is 6.64. The maximum atomic E-state index is 12.8. The molecule has 9 heteroatoms. The van der Waals surface area contributed by atoms with E-state index in [0.717, 1.165) is 28.0 Å². The van der Waals surface area contributed by atoms with Crippen molar-refractivity contribution >= 4 is 32.4 Å². The van der Waals surface area contributed by atoms with E-state index < -0.39 is 10.0 Å². The monoisotopic (exact) mass is 430 g/mol. The minimum Gasteiger partial charge on any atom is -0.296 e. The first kappa shape index (κ1) is 21.1. The third-order valence-corrected chi connectivity index (χ3v) is 7.08. The zero-order valence-electron chi connectivity index (χ0n) is 16.3. The maximum Gasteiger partial charge on any atom is 0.270 e. The van der Waals surface area contributed by atoms with Gasteiger partial charge in [0.1, 0.15) is 0 Å². The van der Waals surface area contributed by atoms with Crippen molar-refractivity contribution in [3.63, 3.8) is 0 Å². The van der Waals surface area contributed by atoms with Gasteiger partial charge >= 0.3 is 0 Å². The molecule has 2 aromatic carbocycles. The Kier molecular flexibility index (Phi) is 6.41. The van der Waals surface area contributed by atoms with Gasteiger partial charge in [0.25, 0.3) is 15.9 Å². The summed E-state index contributed by atoms with van der Waals surface area (Å²) in [6.07, 6.45) is 0.583. The number of anilines is 1. The predicted octanol–water partition coefficient (Wildman–Crippen LogP) is 3.84. The highest BCUT2D eigenvalue weighted by molar-refractivity contribution is 7.91. The smallest absolute Gasteiger partial charge is 0.270 e. The summed E-state index contributed by atoms with van der Waals surface area (Å²) in [4.78, 5) is 12.2. The maximum absolute atomic E-state index is 12.8. The van der Waals surface area contributed by atoms with Gasteiger partial charge < -0.3 is 0 Å². The summed E-state index contributed by atoms with van der Waals surface area (Å²) >= 11 is 0.813. The van der Waals surface area contributed by atoms with Crippen LogP contribution in [-0.2, 0) is 10.0 Å². The molecule has 152 valence electrons. The Labute approximate surface area is 174 Å². The summed E-state index contributed by atoms with van der Waals surface area (Å²) in [7, 11) is -3.88. The average Bonchev–Trinajstić information content (AvgIpc) is 3.17. The van der Waals surface area contributed by atoms with Gasteiger partial charge in [-0.15, -0.1) is 10.2 Å². The molecule has 1 atom stereocenters. The van der Waals surface area contributed by atoms with E-state index in [1.165, 1.54) is 0 Å². The zero-order valence-corrected chi connectivity index (χ0v) is 18.0. The number of hydrogen-bond acceptors (Lipinski definition) is 6. The molecule has 3 rings (SSSR count). The van der Waals surface area contributed by atoms with Gasteiger partial charge in [0.2, 0.25) is 9.47 Å². The molecule has 0 fully saturated rings. The molecule has 0 aliphatic rings. The van der Waals surface area contributed by atoms with Crippen LogP contribution in [0.25, 0.3) is 0 Å². The van der Waals surface area contributed by atoms with Crippen LogP contribution in [0, 0.1) is 13.8 Å². The average molecular weight is 431 g/mol. The number of carbonyl (C=O) groups excluding carboxylic acids is 1. The van der Waals surface area contributed by atoms with Crippen molar-refractivity contribution in [2.75, 3.05) is 5.32 Å². The lowest BCUT2D eigenvalue weighted by atomic mass is 9.98. The van der Waals surface area contributed by atoms with Crippen molar-refractivity contribution in [1.29, 1.82) is 0 Å². The molecule has 0 spiro atoms. The Morgan fingerprint density at radius 2 is 1.83 bits per heavy atom. The largest absolute Gasteiger partial charge is 0.296 e. The molecule has 1 aromatic heterocycles. The molecule has 3 aromatic rings. The molecule has 1 heterocycles. The number of rotatable bonds is 7. The molecule has 0 aliphatic carbocycles. The minimum absolute atomic E-state index is 0.124. The second kappa shape index (κ2) is 8.81. The molecule has 0 saturated carbocycles. The summed E-state index contributed by atoms with van der Waals surface area (Å²) in [6.45, 7) is 5.87. The molecule has 0 bridgehead atoms. The fraction of sp³-hybridized carbons (Fsp3) is 0.250. The van der Waals surface area contributed by atoms with E-state index in [0.29, 0.717) is 12.0 Å². The summed E-state index contributed by atoms with van der Waals surface area (Å²) in [6, 6.07) is 14.1. The van der Waals surface area contributed by atoms with Crippen LogP contribution in [0.3, 0.4) is 0 Å². The van der Waals surface area contributed by atoms with Crippen LogP contribution in [0.4, 0.5) is 5.13 Å². The summed E-state index contributed by atoms with van der Waals surface area (Å²) in [5.41, 5.74) is 3.51. The Hall–Kier alpha value is -2.62. The molecule has 0 saturated heterocycles. The van der Waals surface area contributed by atoms with Crippen molar-refractivity contribution < 1.29 is 13.2 Å². The molecular formula is C20H22N4O3S2. The van der Waals surface area contributed by atoms with Gasteiger partial charge in [0.05, 0.1) is 0 Å². The first-order valence-electron chi connectivity index (χ1n) is 9.09. The number of nitrogens with one attached hydrogen (secondary N) is 2. The standard InChI is InChI=1S/C20H22N4O3S2/c1-4-17(16-11-10-13(2)12-14(16)3)24-29(26,27)20-23-22-19(28-20)21-18(25)15-8-6-5-7-9-15/h5-12,17,24H,4H2,1-3H3,(H,21,22,25). The van der Waals surface area contributed by atoms with Crippen molar-refractivity contribution in [3.8, 4) is 0 Å². The summed E-state index contributed by atoms with van der Waals surface area (Å²) in [5.74, 6) is -0.375. The second-order valence-corrected chi connectivity index (χ2v) is 9.50. The van der Waals surface area contributed by atoms with Crippen LogP contribution in [-0.4, -0.2) is 24.5 Å². The van der Waals surface area contributed by atoms with E-state index in [1.807, 2.05) is 39.0 Å². The first-order valence-corrected chi connectivity index (χ1v) is 11.4. The molecule has 1 amide bonds. The van der Waals surface area contributed by atoms with Gasteiger partial charge in [-0.3, -0.25) is 10.1 Å². The van der Waals surface area contributed by atoms with Gasteiger partial charge in [-0.05, 0) is 43.5 Å². The topological polar surface area (TPSA) is 101 Å². The number of carbonyl (C=O) groups is 1. The van der Waals surface area contributed by atoms with Gasteiger partial charge in [0, 0.05) is 11.6 Å². The van der Waals surface area contributed by atoms with E-state index >= 15 is 0 Å². The molecule has 7 nitrogen and oxygen atoms in total. The Morgan fingerprint density at radius 3 is 2.48 bits per heavy atom. The molecule has 29 heavy (non-hydrogen) atoms. The van der Waals surface area contributed by atoms with Crippen LogP contribution in [0.5, 0.6) is 0 Å². The van der Waals surface area contributed by atoms with Gasteiger partial charge in [-0.2, -0.15) is 0 Å². The van der Waals surface area contributed by atoms with Crippen molar-refractivity contribution in [2.45, 2.75) is 37.6 Å². The fourth-order valence-electron chi connectivity index (χ4n) is 2.95. The lowest BCUT2D eigenvalue weighted by Gasteiger charge is -2.19. The number of amides is 1. The van der Waals surface area contributed by atoms with E-state index in [4.69, 9.17) is 0 Å². The lowest BCUT2D eigenvalue weighted by Crippen LogP contribution is -2.28. The van der Waals surface area contributed by atoms with Crippen LogP contribution < -0.4 is 10.0 Å². The van der Waals surface area contributed by atoms with Crippen molar-refractivity contribution in [3.05, 3.63) is 70.8 Å². The molecule has 2 N–H and O–H groups in total. The normalized spacial score (nSPS) is 12.5. The van der Waals surface area contributed by atoms with Crippen LogP contribution in [0.1, 0.15) is 46.4 Å². The van der Waals surface area contributed by atoms with Crippen molar-refractivity contribution in [1.82, 2.24) is 14.9 Å². The highest BCUT2D eigenvalue weighted by Gasteiger charge is 2.25. The van der Waals surface area contributed by atoms with E-state index in [9.17, 15) is 13.2 Å². The first-order chi connectivity index (χ1) is 13.8. The Balaban J connectivity index is 1.76. The number of aromatic nitrogens is 2. The van der Waals surface area contributed by atoms with Gasteiger partial charge in [0.15, 0.2) is 0 Å². The van der Waals surface area contributed by atoms with Gasteiger partial charge in [-0.25, -0.2) is 13.1 Å². The zero-order chi connectivity index (χ0) is 21.0. The number of hydrogen-bond donors (Lipinski definition) is 2. The SMILES string of the molecule is CCC(NS(=O)(=O)c1nnc(NC(=O)c2ccccc2)s1)c1ccc(C)cc1C. The summed E-state index contributed by atoms with van der Waals surface area (Å²) < 4.78 is 28.1. The van der Waals surface area contributed by atoms with E-state index in [2.05, 4.69) is 20.2 Å². The molecular weight excluding hydrogens is 408 g/mol. The van der Waals surface area contributed by atoms with E-state index in [-0.39, 0.29) is 21.4 Å². The third kappa shape index (κ3) is 5.06. The minimum atomic E-state index is -3.88. The Bertz CT molecular complexity index is 1110. The quantitative estimate of drug-likeness (QED) is 0.555. The third-order valence-electron chi connectivity index (χ3n) is 4.40. The predicted molar refractivity (Wildman–Crippen MR) is 114 cm³/mol. The number of aryl methyl sites for hydroxylation is 2. The summed E-state index contributed by atoms with van der Waals surface area (Å²) in [5, 5.41) is 10.3. The van der Waals surface area contributed by atoms with Crippen LogP contribution in [0.15, 0.2) is 52.9 Å². The molecule has 1 unspecified atom stereocenters. The number of nitrogens with zero attached hydrogens (tertiary/aromatic N) is 2. The lowest BCUT2D eigenvalue weighted by molar-refractivity contribution is 0.102. The fourth-order valence-corrected chi connectivity index (χ4v) is 5.16. The highest BCUT2D eigenvalue weighted by atomic mass is 32.2. The van der Waals surface area contributed by atoms with Gasteiger partial charge in [-0.1, -0.05) is 60.2 Å². The molecule has 0 radical (unpaired) electrons. The van der Waals surface area contributed by atoms with Crippen LogP contribution in [0.2, 0.25) is 0 Å². The van der Waals surface area contributed by atoms with E-state index in [1.54, 1.807) is 30.3 Å². The Morgan fingerprint density at radius 1 is 1.10 bits per heavy atom. The number of benzene rings is 2.